The maximum Gasteiger partial charge on any atom is 0.280 e. The number of anilines is 1. The molecule has 2 rings (SSSR count). The standard InChI is InChI=1S/C9H9F2NO/c10-9(11)4-5-13-8-6(9)2-1-3-7(8)12/h1-3H,4-5,12H2. The fraction of sp³-hybridized carbons (Fsp3) is 0.333. The minimum absolute atomic E-state index is 0.0220. The number of nitrogen functional groups attached to an aromatic ring is 1. The van der Waals surface area contributed by atoms with Gasteiger partial charge in [0.2, 0.25) is 0 Å². The molecule has 13 heavy (non-hydrogen) atoms. The first-order valence-corrected chi connectivity index (χ1v) is 4.01. The van der Waals surface area contributed by atoms with Crippen molar-refractivity contribution in [3.05, 3.63) is 23.8 Å². The van der Waals surface area contributed by atoms with Gasteiger partial charge >= 0.3 is 0 Å². The molecular weight excluding hydrogens is 176 g/mol. The highest BCUT2D eigenvalue weighted by Gasteiger charge is 2.38. The van der Waals surface area contributed by atoms with Gasteiger partial charge < -0.3 is 10.5 Å². The van der Waals surface area contributed by atoms with Crippen LogP contribution in [0, 0.1) is 0 Å². The average molecular weight is 185 g/mol. The first-order chi connectivity index (χ1) is 6.11. The lowest BCUT2D eigenvalue weighted by Gasteiger charge is -2.26. The Morgan fingerprint density at radius 1 is 1.38 bits per heavy atom. The molecule has 1 aromatic carbocycles. The zero-order chi connectivity index (χ0) is 9.47. The maximum absolute atomic E-state index is 13.2. The smallest absolute Gasteiger partial charge is 0.280 e. The van der Waals surface area contributed by atoms with Crippen molar-refractivity contribution >= 4 is 5.69 Å². The Morgan fingerprint density at radius 2 is 2.15 bits per heavy atom. The van der Waals surface area contributed by atoms with E-state index in [9.17, 15) is 8.78 Å². The third-order valence-electron chi connectivity index (χ3n) is 2.10. The van der Waals surface area contributed by atoms with Crippen molar-refractivity contribution in [3.63, 3.8) is 0 Å². The van der Waals surface area contributed by atoms with Crippen molar-refractivity contribution in [2.24, 2.45) is 0 Å². The lowest BCUT2D eigenvalue weighted by molar-refractivity contribution is -0.0402. The number of rotatable bonds is 0. The van der Waals surface area contributed by atoms with E-state index >= 15 is 0 Å². The number of nitrogens with two attached hydrogens (primary N) is 1. The molecule has 0 amide bonds. The van der Waals surface area contributed by atoms with Gasteiger partial charge in [0.15, 0.2) is 5.75 Å². The predicted octanol–water partition coefficient (Wildman–Crippen LogP) is 2.14. The molecule has 0 aliphatic carbocycles. The zero-order valence-corrected chi connectivity index (χ0v) is 6.89. The van der Waals surface area contributed by atoms with Gasteiger partial charge in [0.1, 0.15) is 0 Å². The number of hydrogen-bond acceptors (Lipinski definition) is 2. The van der Waals surface area contributed by atoms with Crippen LogP contribution >= 0.6 is 0 Å². The van der Waals surface area contributed by atoms with E-state index < -0.39 is 5.92 Å². The molecule has 0 saturated heterocycles. The zero-order valence-electron chi connectivity index (χ0n) is 6.89. The summed E-state index contributed by atoms with van der Waals surface area (Å²) in [4.78, 5) is 0. The lowest BCUT2D eigenvalue weighted by atomic mass is 10.0. The highest BCUT2D eigenvalue weighted by molar-refractivity contribution is 5.58. The first kappa shape index (κ1) is 8.29. The normalized spacial score (nSPS) is 18.9. The fourth-order valence-corrected chi connectivity index (χ4v) is 1.42. The maximum atomic E-state index is 13.2. The molecule has 0 aromatic heterocycles. The largest absolute Gasteiger partial charge is 0.491 e. The number of hydrogen-bond donors (Lipinski definition) is 1. The third kappa shape index (κ3) is 1.22. The van der Waals surface area contributed by atoms with Crippen LogP contribution in [-0.2, 0) is 5.92 Å². The van der Waals surface area contributed by atoms with Gasteiger partial charge in [-0.1, -0.05) is 6.07 Å². The molecule has 0 unspecified atom stereocenters. The summed E-state index contributed by atoms with van der Waals surface area (Å²) in [5, 5.41) is 0. The molecule has 0 spiro atoms. The molecule has 1 aromatic rings. The number of benzene rings is 1. The van der Waals surface area contributed by atoms with E-state index in [1.807, 2.05) is 0 Å². The van der Waals surface area contributed by atoms with Crippen LogP contribution in [0.1, 0.15) is 12.0 Å². The number of fused-ring (bicyclic) bond motifs is 1. The Kier molecular flexibility index (Phi) is 1.65. The van der Waals surface area contributed by atoms with Crippen molar-refractivity contribution in [3.8, 4) is 5.75 Å². The van der Waals surface area contributed by atoms with Crippen LogP contribution in [0.15, 0.2) is 18.2 Å². The molecule has 70 valence electrons. The van der Waals surface area contributed by atoms with Crippen molar-refractivity contribution in [1.29, 1.82) is 0 Å². The van der Waals surface area contributed by atoms with Crippen LogP contribution < -0.4 is 10.5 Å². The molecule has 1 aliphatic rings. The molecule has 1 aliphatic heterocycles. The molecule has 4 heteroatoms. The summed E-state index contributed by atoms with van der Waals surface area (Å²) in [5.74, 6) is -2.66. The van der Waals surface area contributed by atoms with Gasteiger partial charge in [-0.25, -0.2) is 8.78 Å². The van der Waals surface area contributed by atoms with Crippen molar-refractivity contribution < 1.29 is 13.5 Å². The van der Waals surface area contributed by atoms with Crippen LogP contribution in [0.4, 0.5) is 14.5 Å². The highest BCUT2D eigenvalue weighted by atomic mass is 19.3. The van der Waals surface area contributed by atoms with Crippen LogP contribution in [0.3, 0.4) is 0 Å². The van der Waals surface area contributed by atoms with Crippen LogP contribution in [0.5, 0.6) is 5.75 Å². The predicted molar refractivity (Wildman–Crippen MR) is 44.9 cm³/mol. The highest BCUT2D eigenvalue weighted by Crippen LogP contribution is 2.43. The lowest BCUT2D eigenvalue weighted by Crippen LogP contribution is -2.24. The van der Waals surface area contributed by atoms with Gasteiger partial charge in [-0.15, -0.1) is 0 Å². The minimum atomic E-state index is -2.80. The quantitative estimate of drug-likeness (QED) is 0.628. The van der Waals surface area contributed by atoms with Gasteiger partial charge in [-0.05, 0) is 12.1 Å². The minimum Gasteiger partial charge on any atom is -0.491 e. The second-order valence-electron chi connectivity index (χ2n) is 3.03. The second-order valence-corrected chi connectivity index (χ2v) is 3.03. The molecular formula is C9H9F2NO. The summed E-state index contributed by atoms with van der Waals surface area (Å²) in [6.07, 6.45) is -0.274. The van der Waals surface area contributed by atoms with E-state index in [0.29, 0.717) is 0 Å². The Bertz CT molecular complexity index is 338. The van der Waals surface area contributed by atoms with Crippen LogP contribution in [0.25, 0.3) is 0 Å². The third-order valence-corrected chi connectivity index (χ3v) is 2.10. The Hall–Kier alpha value is -1.32. The number of halogens is 2. The summed E-state index contributed by atoms with van der Waals surface area (Å²) < 4.78 is 31.6. The number of para-hydroxylation sites is 1. The molecule has 0 atom stereocenters. The van der Waals surface area contributed by atoms with Crippen molar-refractivity contribution in [2.45, 2.75) is 12.3 Å². The second kappa shape index (κ2) is 2.58. The molecule has 0 saturated carbocycles. The summed E-state index contributed by atoms with van der Waals surface area (Å²) in [6.45, 7) is 0.0220. The van der Waals surface area contributed by atoms with E-state index in [0.717, 1.165) is 0 Å². The van der Waals surface area contributed by atoms with Crippen LogP contribution in [-0.4, -0.2) is 6.61 Å². The SMILES string of the molecule is Nc1cccc2c1OCCC2(F)F. The van der Waals surface area contributed by atoms with Gasteiger partial charge in [-0.2, -0.15) is 0 Å². The summed E-state index contributed by atoms with van der Waals surface area (Å²) in [6, 6.07) is 4.42. The number of alkyl halides is 2. The summed E-state index contributed by atoms with van der Waals surface area (Å²) >= 11 is 0. The topological polar surface area (TPSA) is 35.2 Å². The van der Waals surface area contributed by atoms with E-state index in [1.165, 1.54) is 12.1 Å². The molecule has 0 radical (unpaired) electrons. The average Bonchev–Trinajstić information content (AvgIpc) is 2.06. The van der Waals surface area contributed by atoms with Gasteiger partial charge in [0, 0.05) is 0 Å². The van der Waals surface area contributed by atoms with Gasteiger partial charge in [0.25, 0.3) is 5.92 Å². The molecule has 2 N–H and O–H groups in total. The molecule has 0 bridgehead atoms. The van der Waals surface area contributed by atoms with Crippen LogP contribution in [0.2, 0.25) is 0 Å². The van der Waals surface area contributed by atoms with E-state index in [-0.39, 0.29) is 30.0 Å². The Morgan fingerprint density at radius 3 is 2.85 bits per heavy atom. The van der Waals surface area contributed by atoms with Crippen molar-refractivity contribution in [1.82, 2.24) is 0 Å². The van der Waals surface area contributed by atoms with E-state index in [4.69, 9.17) is 10.5 Å². The number of ether oxygens (including phenoxy) is 1. The van der Waals surface area contributed by atoms with E-state index in [2.05, 4.69) is 0 Å². The van der Waals surface area contributed by atoms with Gasteiger partial charge in [-0.3, -0.25) is 0 Å². The Balaban J connectivity index is 2.58. The molecule has 1 heterocycles. The van der Waals surface area contributed by atoms with Gasteiger partial charge in [0.05, 0.1) is 24.3 Å². The summed E-state index contributed by atoms with van der Waals surface area (Å²) in [5.41, 5.74) is 5.68. The van der Waals surface area contributed by atoms with Crippen molar-refractivity contribution in [2.75, 3.05) is 12.3 Å². The molecule has 2 nitrogen and oxygen atoms in total. The Labute approximate surface area is 74.3 Å². The van der Waals surface area contributed by atoms with E-state index in [1.54, 1.807) is 6.07 Å². The molecule has 0 fully saturated rings. The monoisotopic (exact) mass is 185 g/mol. The fourth-order valence-electron chi connectivity index (χ4n) is 1.42. The summed E-state index contributed by atoms with van der Waals surface area (Å²) in [7, 11) is 0. The first-order valence-electron chi connectivity index (χ1n) is 4.01.